The molecule has 0 aliphatic carbocycles. The van der Waals surface area contributed by atoms with Gasteiger partial charge >= 0.3 is 17.9 Å². The zero-order valence-electron chi connectivity index (χ0n) is 35.9. The molecule has 3 N–H and O–H groups in total. The highest BCUT2D eigenvalue weighted by atomic mass is 32.1. The van der Waals surface area contributed by atoms with Crippen LogP contribution in [0.2, 0.25) is 0 Å². The van der Waals surface area contributed by atoms with Gasteiger partial charge in [-0.1, -0.05) is 36.4 Å². The third-order valence-corrected chi connectivity index (χ3v) is 17.6. The van der Waals surface area contributed by atoms with Gasteiger partial charge in [0.1, 0.15) is 11.6 Å². The van der Waals surface area contributed by atoms with Crippen LogP contribution in [0.1, 0.15) is 14.6 Å². The van der Waals surface area contributed by atoms with Gasteiger partial charge in [-0.05, 0) is 144 Å². The SMILES string of the molecule is [C-]#[N+]C(=Cc1ccc(-c2ccc(-c3ccc(N(c4ccc(-c5ccc(-c6ccc(C=C(C#N)C(=O)O)s6)s5)cc4)c4ccc(-c5ccc(-c6ccc(C=C([N+]#[C-])C(=O)O)s6)s5)cc4)cc3)s2)s1)C(=O)O. The van der Waals surface area contributed by atoms with Gasteiger partial charge in [0.25, 0.3) is 11.4 Å². The second-order valence-corrected chi connectivity index (χ2v) is 21.5. The number of nitrogens with zero attached hydrogens (tertiary/aromatic N) is 4. The first-order valence-electron chi connectivity index (χ1n) is 20.7. The molecule has 9 aromatic rings. The average Bonchev–Trinajstić information content (AvgIpc) is 4.24. The Morgan fingerprint density at radius 2 is 0.700 bits per heavy atom. The fourth-order valence-electron chi connectivity index (χ4n) is 7.17. The van der Waals surface area contributed by atoms with Gasteiger partial charge in [0, 0.05) is 75.6 Å². The number of hydrogen-bond donors (Lipinski definition) is 3. The predicted molar refractivity (Wildman–Crippen MR) is 287 cm³/mol. The van der Waals surface area contributed by atoms with Crippen LogP contribution in [0.25, 0.3) is 88.5 Å². The highest BCUT2D eigenvalue weighted by Gasteiger charge is 2.18. The van der Waals surface area contributed by atoms with Gasteiger partial charge < -0.3 is 20.2 Å². The molecule has 6 heterocycles. The number of aliphatic carboxylic acids is 3. The molecule has 0 radical (unpaired) electrons. The highest BCUT2D eigenvalue weighted by Crippen LogP contribution is 2.44. The number of hydrogen-bond acceptors (Lipinski definition) is 11. The Balaban J connectivity index is 0.996. The zero-order chi connectivity index (χ0) is 48.9. The number of thiophene rings is 6. The van der Waals surface area contributed by atoms with Gasteiger partial charge in [0.05, 0.1) is 13.1 Å². The molecule has 338 valence electrons. The summed E-state index contributed by atoms with van der Waals surface area (Å²) in [6.07, 6.45) is 4.17. The van der Waals surface area contributed by atoms with E-state index in [-0.39, 0.29) is 17.0 Å². The number of carboxylic acids is 3. The molecule has 16 heteroatoms. The minimum Gasteiger partial charge on any atom is -0.486 e. The summed E-state index contributed by atoms with van der Waals surface area (Å²) >= 11 is 9.19. The minimum atomic E-state index is -1.26. The van der Waals surface area contributed by atoms with Gasteiger partial charge in [0.15, 0.2) is 0 Å². The van der Waals surface area contributed by atoms with Crippen LogP contribution < -0.4 is 4.90 Å². The smallest absolute Gasteiger partial charge is 0.346 e. The van der Waals surface area contributed by atoms with Crippen LogP contribution in [0.4, 0.5) is 17.1 Å². The lowest BCUT2D eigenvalue weighted by Crippen LogP contribution is -2.09. The van der Waals surface area contributed by atoms with E-state index in [1.807, 2.05) is 42.5 Å². The Bertz CT molecular complexity index is 3300. The molecule has 0 spiro atoms. The van der Waals surface area contributed by atoms with Crippen molar-refractivity contribution in [3.8, 4) is 66.7 Å². The molecule has 0 aliphatic rings. The second kappa shape index (κ2) is 20.5. The largest absolute Gasteiger partial charge is 0.486 e. The van der Waals surface area contributed by atoms with Crippen molar-refractivity contribution in [2.24, 2.45) is 0 Å². The van der Waals surface area contributed by atoms with Crippen molar-refractivity contribution in [3.05, 3.63) is 200 Å². The van der Waals surface area contributed by atoms with Crippen LogP contribution in [0.5, 0.6) is 0 Å². The van der Waals surface area contributed by atoms with Crippen LogP contribution in [0, 0.1) is 24.5 Å². The maximum Gasteiger partial charge on any atom is 0.346 e. The normalized spacial score (nSPS) is 11.7. The van der Waals surface area contributed by atoms with Crippen molar-refractivity contribution in [1.82, 2.24) is 0 Å². The number of carboxylic acid groups (broad SMARTS) is 3. The third-order valence-electron chi connectivity index (χ3n) is 10.5. The summed E-state index contributed by atoms with van der Waals surface area (Å²) in [4.78, 5) is 53.9. The lowest BCUT2D eigenvalue weighted by atomic mass is 10.1. The van der Waals surface area contributed by atoms with E-state index in [1.54, 1.807) is 40.1 Å². The molecule has 0 fully saturated rings. The van der Waals surface area contributed by atoms with Crippen molar-refractivity contribution in [3.63, 3.8) is 0 Å². The van der Waals surface area contributed by atoms with E-state index < -0.39 is 17.9 Å². The van der Waals surface area contributed by atoms with Crippen molar-refractivity contribution in [1.29, 1.82) is 5.26 Å². The van der Waals surface area contributed by atoms with Gasteiger partial charge in [-0.25, -0.2) is 14.5 Å². The molecule has 0 aliphatic heterocycles. The van der Waals surface area contributed by atoms with Crippen LogP contribution in [0.15, 0.2) is 163 Å². The average molecular weight is 1020 g/mol. The first kappa shape index (κ1) is 46.9. The van der Waals surface area contributed by atoms with Gasteiger partial charge in [-0.15, -0.1) is 68.0 Å². The summed E-state index contributed by atoms with van der Waals surface area (Å²) in [7, 11) is 0. The van der Waals surface area contributed by atoms with Crippen molar-refractivity contribution >= 4 is 121 Å². The molecule has 0 atom stereocenters. The van der Waals surface area contributed by atoms with Crippen molar-refractivity contribution < 1.29 is 29.7 Å². The lowest BCUT2D eigenvalue weighted by molar-refractivity contribution is -0.133. The van der Waals surface area contributed by atoms with Gasteiger partial charge in [0.2, 0.25) is 0 Å². The number of rotatable bonds is 15. The van der Waals surface area contributed by atoms with E-state index >= 15 is 0 Å². The molecule has 0 amide bonds. The molecule has 6 aromatic heterocycles. The molecule has 10 nitrogen and oxygen atoms in total. The molecule has 9 rings (SSSR count). The maximum absolute atomic E-state index is 11.4. The molecule has 3 aromatic carbocycles. The van der Waals surface area contributed by atoms with E-state index in [1.165, 1.54) is 52.2 Å². The maximum atomic E-state index is 11.4. The molecular formula is C54H30N4O6S6. The Labute approximate surface area is 424 Å². The first-order chi connectivity index (χ1) is 34.0. The second-order valence-electron chi connectivity index (χ2n) is 14.9. The molecule has 0 unspecified atom stereocenters. The fraction of sp³-hybridized carbons (Fsp3) is 0. The fourth-order valence-corrected chi connectivity index (χ4v) is 13.3. The summed E-state index contributed by atoms with van der Waals surface area (Å²) in [5, 5.41) is 37.1. The molecule has 0 saturated carbocycles. The van der Waals surface area contributed by atoms with Crippen molar-refractivity contribution in [2.45, 2.75) is 0 Å². The van der Waals surface area contributed by atoms with E-state index in [2.05, 4.69) is 118 Å². The quantitative estimate of drug-likeness (QED) is 0.0522. The Morgan fingerprint density at radius 3 is 0.986 bits per heavy atom. The molecular weight excluding hydrogens is 993 g/mol. The summed E-state index contributed by atoms with van der Waals surface area (Å²) in [6, 6.07) is 50.6. The monoisotopic (exact) mass is 1020 g/mol. The van der Waals surface area contributed by atoms with Crippen LogP contribution in [-0.2, 0) is 14.4 Å². The topological polar surface area (TPSA) is 148 Å². The Hall–Kier alpha value is -8.24. The first-order valence-corrected chi connectivity index (χ1v) is 25.6. The van der Waals surface area contributed by atoms with E-state index in [4.69, 9.17) is 13.1 Å². The van der Waals surface area contributed by atoms with E-state index in [0.717, 1.165) is 77.6 Å². The number of benzene rings is 3. The lowest BCUT2D eigenvalue weighted by Gasteiger charge is -2.26. The summed E-state index contributed by atoms with van der Waals surface area (Å²) in [5.74, 6) is -3.76. The van der Waals surface area contributed by atoms with E-state index in [9.17, 15) is 35.0 Å². The molecule has 70 heavy (non-hydrogen) atoms. The third kappa shape index (κ3) is 10.3. The number of nitriles is 1. The van der Waals surface area contributed by atoms with Gasteiger partial charge in [-0.2, -0.15) is 5.26 Å². The van der Waals surface area contributed by atoms with Gasteiger partial charge in [-0.3, -0.25) is 9.59 Å². The van der Waals surface area contributed by atoms with Crippen LogP contribution >= 0.6 is 68.0 Å². The molecule has 0 saturated heterocycles. The highest BCUT2D eigenvalue weighted by molar-refractivity contribution is 7.25. The Kier molecular flexibility index (Phi) is 13.8. The summed E-state index contributed by atoms with van der Waals surface area (Å²) < 4.78 is 0. The minimum absolute atomic E-state index is 0.314. The Morgan fingerprint density at radius 1 is 0.414 bits per heavy atom. The van der Waals surface area contributed by atoms with E-state index in [0.29, 0.717) is 14.6 Å². The number of anilines is 3. The zero-order valence-corrected chi connectivity index (χ0v) is 40.8. The van der Waals surface area contributed by atoms with Crippen molar-refractivity contribution in [2.75, 3.05) is 4.90 Å². The predicted octanol–water partition coefficient (Wildman–Crippen LogP) is 16.2. The summed E-state index contributed by atoms with van der Waals surface area (Å²) in [5.41, 5.74) is 4.96. The molecule has 0 bridgehead atoms. The van der Waals surface area contributed by atoms with Crippen LogP contribution in [-0.4, -0.2) is 33.2 Å². The summed E-state index contributed by atoms with van der Waals surface area (Å²) in [6.45, 7) is 14.4. The van der Waals surface area contributed by atoms with Crippen LogP contribution in [0.3, 0.4) is 0 Å². The number of carbonyl (C=O) groups is 3. The standard InChI is InChI=1S/C54H30N4O6S6/c1-56-41(53(61)62)28-39-16-19-47(66-39)50-25-22-44(69-50)32-5-11-36(12-6-32)58(35-9-3-31(4-10-35)43-21-24-49(68-43)46-18-15-38(65-46)27-34(30-55)52(59)60)37-13-7-33(8-14-37)45-23-26-51(70-45)48-20-17-40(67-48)29-42(57-2)54(63)64/h3-29H,(H,59,60)(H,61,62)(H,63,64).